The van der Waals surface area contributed by atoms with Gasteiger partial charge in [0.2, 0.25) is 5.95 Å². The van der Waals surface area contributed by atoms with Gasteiger partial charge in [0.25, 0.3) is 5.56 Å². The van der Waals surface area contributed by atoms with Crippen LogP contribution in [-0.2, 0) is 6.42 Å². The molecule has 1 aromatic carbocycles. The highest BCUT2D eigenvalue weighted by atomic mass is 19.1. The van der Waals surface area contributed by atoms with E-state index in [0.29, 0.717) is 11.7 Å². The van der Waals surface area contributed by atoms with Crippen LogP contribution in [0.3, 0.4) is 0 Å². The van der Waals surface area contributed by atoms with Crippen LogP contribution in [0.15, 0.2) is 40.2 Å². The van der Waals surface area contributed by atoms with Crippen molar-refractivity contribution in [3.63, 3.8) is 0 Å². The third-order valence-corrected chi connectivity index (χ3v) is 2.89. The van der Waals surface area contributed by atoms with Crippen molar-refractivity contribution in [3.05, 3.63) is 57.8 Å². The second-order valence-corrected chi connectivity index (χ2v) is 4.65. The molecule has 0 amide bonds. The van der Waals surface area contributed by atoms with Crippen LogP contribution in [0.4, 0.5) is 10.3 Å². The predicted octanol–water partition coefficient (Wildman–Crippen LogP) is 2.70. The molecule has 2 rings (SSSR count). The number of hydrogen-bond acceptors (Lipinski definition) is 4. The second-order valence-electron chi connectivity index (χ2n) is 4.65. The maximum Gasteiger partial charge on any atom is 0.252 e. The summed E-state index contributed by atoms with van der Waals surface area (Å²) in [7, 11) is 0. The molecular formula is C15H17FN4O. The van der Waals surface area contributed by atoms with Gasteiger partial charge in [0, 0.05) is 11.8 Å². The van der Waals surface area contributed by atoms with Gasteiger partial charge in [-0.1, -0.05) is 25.5 Å². The number of anilines is 1. The number of aryl methyl sites for hydroxylation is 1. The fourth-order valence-electron chi connectivity index (χ4n) is 1.84. The van der Waals surface area contributed by atoms with Gasteiger partial charge in [-0.15, -0.1) is 0 Å². The molecule has 6 heteroatoms. The molecule has 0 saturated carbocycles. The summed E-state index contributed by atoms with van der Waals surface area (Å²) in [6, 6.07) is 7.50. The quantitative estimate of drug-likeness (QED) is 0.656. The lowest BCUT2D eigenvalue weighted by atomic mass is 10.1. The average Bonchev–Trinajstić information content (AvgIpc) is 2.45. The van der Waals surface area contributed by atoms with Crippen LogP contribution in [0.5, 0.6) is 0 Å². The van der Waals surface area contributed by atoms with Crippen LogP contribution in [0.2, 0.25) is 0 Å². The molecule has 21 heavy (non-hydrogen) atoms. The molecule has 1 heterocycles. The number of aromatic amines is 1. The molecule has 0 aliphatic heterocycles. The lowest BCUT2D eigenvalue weighted by Gasteiger charge is -2.04. The third-order valence-electron chi connectivity index (χ3n) is 2.89. The Kier molecular flexibility index (Phi) is 4.81. The van der Waals surface area contributed by atoms with Crippen molar-refractivity contribution < 1.29 is 4.39 Å². The molecule has 0 fully saturated rings. The highest BCUT2D eigenvalue weighted by Crippen LogP contribution is 2.05. The molecule has 2 aromatic rings. The monoisotopic (exact) mass is 288 g/mol. The van der Waals surface area contributed by atoms with Gasteiger partial charge >= 0.3 is 0 Å². The van der Waals surface area contributed by atoms with E-state index < -0.39 is 0 Å². The van der Waals surface area contributed by atoms with E-state index in [1.54, 1.807) is 19.1 Å². The van der Waals surface area contributed by atoms with Crippen molar-refractivity contribution in [1.82, 2.24) is 9.97 Å². The Balaban J connectivity index is 2.16. The molecule has 0 saturated heterocycles. The molecule has 5 nitrogen and oxygen atoms in total. The Morgan fingerprint density at radius 2 is 2.10 bits per heavy atom. The van der Waals surface area contributed by atoms with Crippen molar-refractivity contribution in [1.29, 1.82) is 0 Å². The molecule has 0 aliphatic rings. The summed E-state index contributed by atoms with van der Waals surface area (Å²) in [5, 5.41) is 4.15. The average molecular weight is 288 g/mol. The number of nitrogens with one attached hydrogen (secondary N) is 2. The molecule has 0 radical (unpaired) electrons. The summed E-state index contributed by atoms with van der Waals surface area (Å²) in [5.41, 5.74) is 4.68. The lowest BCUT2D eigenvalue weighted by molar-refractivity contribution is 0.628. The molecular weight excluding hydrogens is 271 g/mol. The smallest absolute Gasteiger partial charge is 0.252 e. The predicted molar refractivity (Wildman–Crippen MR) is 81.1 cm³/mol. The fraction of sp³-hybridized carbons (Fsp3) is 0.267. The van der Waals surface area contributed by atoms with Gasteiger partial charge in [-0.3, -0.25) is 9.78 Å². The zero-order valence-electron chi connectivity index (χ0n) is 12.0. The van der Waals surface area contributed by atoms with Gasteiger partial charge in [-0.05, 0) is 31.0 Å². The second kappa shape index (κ2) is 6.78. The van der Waals surface area contributed by atoms with E-state index >= 15 is 0 Å². The number of hydrogen-bond donors (Lipinski definition) is 2. The standard InChI is InChI=1S/C15H17FN4O/c1-3-4-13-9-14(21)18-15(17-13)20-19-10(2)11-5-7-12(16)8-6-11/h5-9H,3-4H2,1-2H3,(H2,17,18,20,21)/b19-10+. The van der Waals surface area contributed by atoms with Crippen molar-refractivity contribution in [2.75, 3.05) is 5.43 Å². The maximum absolute atomic E-state index is 12.9. The largest absolute Gasteiger partial charge is 0.291 e. The zero-order valence-corrected chi connectivity index (χ0v) is 12.0. The summed E-state index contributed by atoms with van der Waals surface area (Å²) >= 11 is 0. The minimum absolute atomic E-state index is 0.217. The van der Waals surface area contributed by atoms with Gasteiger partial charge in [0.05, 0.1) is 5.71 Å². The Hall–Kier alpha value is -2.50. The normalized spacial score (nSPS) is 11.5. The van der Waals surface area contributed by atoms with Crippen LogP contribution in [0.1, 0.15) is 31.5 Å². The lowest BCUT2D eigenvalue weighted by Crippen LogP contribution is -2.12. The first-order valence-electron chi connectivity index (χ1n) is 6.75. The van der Waals surface area contributed by atoms with Crippen LogP contribution >= 0.6 is 0 Å². The number of aromatic nitrogens is 2. The first-order chi connectivity index (χ1) is 10.1. The molecule has 0 spiro atoms. The van der Waals surface area contributed by atoms with Gasteiger partial charge in [0.15, 0.2) is 0 Å². The summed E-state index contributed by atoms with van der Waals surface area (Å²) < 4.78 is 12.9. The number of benzene rings is 1. The van der Waals surface area contributed by atoms with Crippen LogP contribution in [0, 0.1) is 5.82 Å². The highest BCUT2D eigenvalue weighted by molar-refractivity contribution is 5.98. The van der Waals surface area contributed by atoms with Crippen LogP contribution in [0.25, 0.3) is 0 Å². The van der Waals surface area contributed by atoms with Crippen molar-refractivity contribution in [2.45, 2.75) is 26.7 Å². The fourth-order valence-corrected chi connectivity index (χ4v) is 1.84. The maximum atomic E-state index is 12.9. The van der Waals surface area contributed by atoms with E-state index in [1.807, 2.05) is 6.92 Å². The van der Waals surface area contributed by atoms with E-state index in [0.717, 1.165) is 24.1 Å². The first-order valence-corrected chi connectivity index (χ1v) is 6.75. The van der Waals surface area contributed by atoms with E-state index in [4.69, 9.17) is 0 Å². The number of rotatable bonds is 5. The Morgan fingerprint density at radius 3 is 2.76 bits per heavy atom. The number of H-pyrrole nitrogens is 1. The zero-order chi connectivity index (χ0) is 15.2. The minimum atomic E-state index is -0.294. The molecule has 0 bridgehead atoms. The van der Waals surface area contributed by atoms with E-state index in [9.17, 15) is 9.18 Å². The summed E-state index contributed by atoms with van der Waals surface area (Å²) in [6.45, 7) is 3.81. The topological polar surface area (TPSA) is 70.1 Å². The SMILES string of the molecule is CCCc1cc(=O)[nH]c(N/N=C(\C)c2ccc(F)cc2)n1. The Bertz CT molecular complexity index is 692. The molecule has 0 aliphatic carbocycles. The van der Waals surface area contributed by atoms with Gasteiger partial charge in [0.1, 0.15) is 5.82 Å². The molecule has 1 aromatic heterocycles. The Labute approximate surface area is 121 Å². The first kappa shape index (κ1) is 14.9. The van der Waals surface area contributed by atoms with Crippen LogP contribution in [-0.4, -0.2) is 15.7 Å². The molecule has 0 unspecified atom stereocenters. The highest BCUT2D eigenvalue weighted by Gasteiger charge is 2.01. The van der Waals surface area contributed by atoms with Gasteiger partial charge in [-0.25, -0.2) is 14.8 Å². The van der Waals surface area contributed by atoms with Crippen LogP contribution < -0.4 is 11.0 Å². The van der Waals surface area contributed by atoms with Crippen molar-refractivity contribution in [2.24, 2.45) is 5.10 Å². The summed E-state index contributed by atoms with van der Waals surface area (Å²) in [4.78, 5) is 18.4. The summed E-state index contributed by atoms with van der Waals surface area (Å²) in [5.74, 6) is 0.00480. The third kappa shape index (κ3) is 4.24. The Morgan fingerprint density at radius 1 is 1.38 bits per heavy atom. The molecule has 110 valence electrons. The molecule has 2 N–H and O–H groups in total. The van der Waals surface area contributed by atoms with E-state index in [1.165, 1.54) is 18.2 Å². The van der Waals surface area contributed by atoms with E-state index in [2.05, 4.69) is 20.5 Å². The van der Waals surface area contributed by atoms with E-state index in [-0.39, 0.29) is 11.4 Å². The summed E-state index contributed by atoms with van der Waals surface area (Å²) in [6.07, 6.45) is 1.65. The number of nitrogens with zero attached hydrogens (tertiary/aromatic N) is 2. The van der Waals surface area contributed by atoms with Gasteiger partial charge < -0.3 is 0 Å². The number of hydrazone groups is 1. The number of halogens is 1. The van der Waals surface area contributed by atoms with Crippen molar-refractivity contribution in [3.8, 4) is 0 Å². The van der Waals surface area contributed by atoms with Crippen molar-refractivity contribution >= 4 is 11.7 Å². The minimum Gasteiger partial charge on any atom is -0.291 e. The van der Waals surface area contributed by atoms with Gasteiger partial charge in [-0.2, -0.15) is 5.10 Å². The molecule has 0 atom stereocenters.